The highest BCUT2D eigenvalue weighted by Gasteiger charge is 2.36. The van der Waals surface area contributed by atoms with E-state index in [2.05, 4.69) is 25.7 Å². The minimum absolute atomic E-state index is 0.247. The van der Waals surface area contributed by atoms with Crippen molar-refractivity contribution in [3.63, 3.8) is 0 Å². The summed E-state index contributed by atoms with van der Waals surface area (Å²) in [6.07, 6.45) is 11.1. The van der Waals surface area contributed by atoms with Gasteiger partial charge in [0.25, 0.3) is 0 Å². The molecule has 2 fully saturated rings. The zero-order valence-corrected chi connectivity index (χ0v) is 14.1. The zero-order chi connectivity index (χ0) is 15.5. The Morgan fingerprint density at radius 1 is 1.05 bits per heavy atom. The van der Waals surface area contributed by atoms with Crippen LogP contribution in [0.1, 0.15) is 78.6 Å². The van der Waals surface area contributed by atoms with Crippen LogP contribution in [0, 0.1) is 11.3 Å². The molecule has 0 aromatic rings. The summed E-state index contributed by atoms with van der Waals surface area (Å²) >= 11 is 0. The third-order valence-corrected chi connectivity index (χ3v) is 6.29. The van der Waals surface area contributed by atoms with E-state index in [0.29, 0.717) is 17.5 Å². The molecule has 122 valence electrons. The number of carbonyl (C=O) groups is 1. The number of nitrogens with zero attached hydrogens (tertiary/aromatic N) is 1. The molecule has 21 heavy (non-hydrogen) atoms. The van der Waals surface area contributed by atoms with Crippen LogP contribution in [0.25, 0.3) is 0 Å². The molecule has 3 nitrogen and oxygen atoms in total. The lowest BCUT2D eigenvalue weighted by Gasteiger charge is -2.43. The van der Waals surface area contributed by atoms with Crippen LogP contribution < -0.4 is 0 Å². The highest BCUT2D eigenvalue weighted by molar-refractivity contribution is 5.69. The largest absolute Gasteiger partial charge is 0.480 e. The van der Waals surface area contributed by atoms with Gasteiger partial charge in [-0.05, 0) is 49.9 Å². The van der Waals surface area contributed by atoms with E-state index in [9.17, 15) is 9.90 Å². The molecule has 0 heterocycles. The molecule has 2 aliphatic carbocycles. The van der Waals surface area contributed by atoms with Crippen LogP contribution >= 0.6 is 0 Å². The van der Waals surface area contributed by atoms with Crippen LogP contribution in [0.4, 0.5) is 0 Å². The van der Waals surface area contributed by atoms with Gasteiger partial charge < -0.3 is 5.11 Å². The summed E-state index contributed by atoms with van der Waals surface area (Å²) < 4.78 is 0. The Balaban J connectivity index is 1.95. The molecule has 0 saturated heterocycles. The molecule has 0 radical (unpaired) electrons. The van der Waals surface area contributed by atoms with Crippen molar-refractivity contribution in [1.82, 2.24) is 4.90 Å². The van der Waals surface area contributed by atoms with Crippen molar-refractivity contribution in [3.8, 4) is 0 Å². The topological polar surface area (TPSA) is 40.5 Å². The fourth-order valence-corrected chi connectivity index (χ4v) is 4.43. The minimum Gasteiger partial charge on any atom is -0.480 e. The van der Waals surface area contributed by atoms with Crippen LogP contribution in [0.3, 0.4) is 0 Å². The summed E-state index contributed by atoms with van der Waals surface area (Å²) in [6, 6.07) is 1.04. The molecule has 2 aliphatic rings. The van der Waals surface area contributed by atoms with Gasteiger partial charge in [-0.1, -0.05) is 40.0 Å². The van der Waals surface area contributed by atoms with Crippen molar-refractivity contribution in [1.29, 1.82) is 0 Å². The number of rotatable bonds is 6. The lowest BCUT2D eigenvalue weighted by atomic mass is 9.68. The van der Waals surface area contributed by atoms with Gasteiger partial charge in [0.15, 0.2) is 0 Å². The Bertz CT molecular complexity index is 339. The molecular formula is C18H33NO2. The van der Waals surface area contributed by atoms with Crippen molar-refractivity contribution < 1.29 is 9.90 Å². The minimum atomic E-state index is -0.655. The Hall–Kier alpha value is -0.570. The number of carboxylic acids is 1. The van der Waals surface area contributed by atoms with Crippen molar-refractivity contribution in [2.75, 3.05) is 6.54 Å². The molecule has 2 saturated carbocycles. The van der Waals surface area contributed by atoms with Gasteiger partial charge in [-0.15, -0.1) is 0 Å². The molecule has 0 amide bonds. The summed E-state index contributed by atoms with van der Waals surface area (Å²) in [5, 5.41) is 9.25. The molecule has 0 spiro atoms. The maximum atomic E-state index is 11.2. The van der Waals surface area contributed by atoms with Crippen LogP contribution in [0.5, 0.6) is 0 Å². The monoisotopic (exact) mass is 295 g/mol. The number of hydrogen-bond acceptors (Lipinski definition) is 2. The van der Waals surface area contributed by atoms with Gasteiger partial charge >= 0.3 is 5.97 Å². The predicted molar refractivity (Wildman–Crippen MR) is 86.4 cm³/mol. The first kappa shape index (κ1) is 16.8. The standard InChI is InChI=1S/C18H33NO2/c1-4-18(2,3)14-9-11-16(12-10-14)19(13-17(20)21)15-7-5-6-8-15/h14-16H,4-13H2,1-3H3,(H,20,21). The first-order chi connectivity index (χ1) is 9.94. The fraction of sp³-hybridized carbons (Fsp3) is 0.944. The number of carboxylic acid groups (broad SMARTS) is 1. The quantitative estimate of drug-likeness (QED) is 0.793. The third kappa shape index (κ3) is 4.21. The molecular weight excluding hydrogens is 262 g/mol. The molecule has 0 aromatic carbocycles. The number of hydrogen-bond donors (Lipinski definition) is 1. The van der Waals surface area contributed by atoms with Crippen molar-refractivity contribution >= 4 is 5.97 Å². The molecule has 0 aliphatic heterocycles. The lowest BCUT2D eigenvalue weighted by molar-refractivity contribution is -0.140. The average Bonchev–Trinajstić information content (AvgIpc) is 2.98. The van der Waals surface area contributed by atoms with E-state index in [1.165, 1.54) is 57.8 Å². The Morgan fingerprint density at radius 2 is 1.57 bits per heavy atom. The third-order valence-electron chi connectivity index (χ3n) is 6.29. The summed E-state index contributed by atoms with van der Waals surface area (Å²) in [5.41, 5.74) is 0.440. The van der Waals surface area contributed by atoms with Gasteiger partial charge in [-0.25, -0.2) is 0 Å². The van der Waals surface area contributed by atoms with Gasteiger partial charge in [0.1, 0.15) is 0 Å². The summed E-state index contributed by atoms with van der Waals surface area (Å²) in [5.74, 6) is 0.159. The van der Waals surface area contributed by atoms with E-state index < -0.39 is 5.97 Å². The second-order valence-corrected chi connectivity index (χ2v) is 7.85. The second kappa shape index (κ2) is 7.13. The van der Waals surface area contributed by atoms with E-state index in [-0.39, 0.29) is 6.54 Å². The maximum absolute atomic E-state index is 11.2. The fourth-order valence-electron chi connectivity index (χ4n) is 4.43. The SMILES string of the molecule is CCC(C)(C)C1CCC(N(CC(=O)O)C2CCCC2)CC1. The lowest BCUT2D eigenvalue weighted by Crippen LogP contribution is -2.47. The predicted octanol–water partition coefficient (Wildman–Crippen LogP) is 4.31. The number of aliphatic carboxylic acids is 1. The molecule has 1 N–H and O–H groups in total. The Morgan fingerprint density at radius 3 is 2.05 bits per heavy atom. The van der Waals surface area contributed by atoms with E-state index in [1.54, 1.807) is 0 Å². The molecule has 0 atom stereocenters. The van der Waals surface area contributed by atoms with Crippen molar-refractivity contribution in [2.45, 2.75) is 90.6 Å². The highest BCUT2D eigenvalue weighted by Crippen LogP contribution is 2.42. The summed E-state index contributed by atoms with van der Waals surface area (Å²) in [6.45, 7) is 7.33. The molecule has 2 rings (SSSR count). The average molecular weight is 295 g/mol. The smallest absolute Gasteiger partial charge is 0.317 e. The van der Waals surface area contributed by atoms with Crippen LogP contribution in [0.15, 0.2) is 0 Å². The van der Waals surface area contributed by atoms with Gasteiger partial charge in [-0.3, -0.25) is 9.69 Å². The Kier molecular flexibility index (Phi) is 5.70. The normalized spacial score (nSPS) is 28.2. The van der Waals surface area contributed by atoms with Gasteiger partial charge in [0.05, 0.1) is 6.54 Å². The van der Waals surface area contributed by atoms with E-state index in [1.807, 2.05) is 0 Å². The van der Waals surface area contributed by atoms with E-state index in [0.717, 1.165) is 5.92 Å². The maximum Gasteiger partial charge on any atom is 0.317 e. The van der Waals surface area contributed by atoms with E-state index >= 15 is 0 Å². The molecule has 0 aromatic heterocycles. The van der Waals surface area contributed by atoms with Crippen molar-refractivity contribution in [3.05, 3.63) is 0 Å². The van der Waals surface area contributed by atoms with Crippen LogP contribution in [-0.2, 0) is 4.79 Å². The zero-order valence-electron chi connectivity index (χ0n) is 14.1. The molecule has 0 bridgehead atoms. The van der Waals surface area contributed by atoms with Crippen molar-refractivity contribution in [2.24, 2.45) is 11.3 Å². The molecule has 0 unspecified atom stereocenters. The van der Waals surface area contributed by atoms with Gasteiger partial charge in [0, 0.05) is 12.1 Å². The van der Waals surface area contributed by atoms with Gasteiger partial charge in [0.2, 0.25) is 0 Å². The van der Waals surface area contributed by atoms with Gasteiger partial charge in [-0.2, -0.15) is 0 Å². The first-order valence-electron chi connectivity index (χ1n) is 8.91. The highest BCUT2D eigenvalue weighted by atomic mass is 16.4. The Labute approximate surface area is 130 Å². The van der Waals surface area contributed by atoms with E-state index in [4.69, 9.17) is 0 Å². The first-order valence-corrected chi connectivity index (χ1v) is 8.91. The van der Waals surface area contributed by atoms with Crippen LogP contribution in [0.2, 0.25) is 0 Å². The second-order valence-electron chi connectivity index (χ2n) is 7.85. The van der Waals surface area contributed by atoms with Crippen LogP contribution in [-0.4, -0.2) is 34.6 Å². The molecule has 3 heteroatoms. The summed E-state index contributed by atoms with van der Waals surface area (Å²) in [4.78, 5) is 13.6. The summed E-state index contributed by atoms with van der Waals surface area (Å²) in [7, 11) is 0.